The SMILES string of the molecule is CC(C)CC(N)c1ncc(-c2cccc(F)c2)[nH]1. The minimum Gasteiger partial charge on any atom is -0.341 e. The average Bonchev–Trinajstić information content (AvgIpc) is 2.77. The van der Waals surface area contributed by atoms with Gasteiger partial charge in [-0.05, 0) is 24.5 Å². The predicted molar refractivity (Wildman–Crippen MR) is 70.4 cm³/mol. The fraction of sp³-hybridized carbons (Fsp3) is 0.357. The van der Waals surface area contributed by atoms with E-state index >= 15 is 0 Å². The van der Waals surface area contributed by atoms with Crippen LogP contribution in [0, 0.1) is 11.7 Å². The Morgan fingerprint density at radius 2 is 2.17 bits per heavy atom. The van der Waals surface area contributed by atoms with Gasteiger partial charge in [-0.2, -0.15) is 0 Å². The molecule has 96 valence electrons. The number of hydrogen-bond acceptors (Lipinski definition) is 2. The highest BCUT2D eigenvalue weighted by Crippen LogP contribution is 2.21. The number of rotatable bonds is 4. The monoisotopic (exact) mass is 247 g/mol. The van der Waals surface area contributed by atoms with Crippen LogP contribution in [0.2, 0.25) is 0 Å². The van der Waals surface area contributed by atoms with Gasteiger partial charge >= 0.3 is 0 Å². The number of halogens is 1. The smallest absolute Gasteiger partial charge is 0.123 e. The molecule has 1 heterocycles. The zero-order valence-corrected chi connectivity index (χ0v) is 10.7. The number of benzene rings is 1. The van der Waals surface area contributed by atoms with E-state index < -0.39 is 0 Å². The lowest BCUT2D eigenvalue weighted by atomic mass is 10.0. The van der Waals surface area contributed by atoms with Crippen LogP contribution < -0.4 is 5.73 Å². The third-order valence-electron chi connectivity index (χ3n) is 2.81. The Kier molecular flexibility index (Phi) is 3.77. The van der Waals surface area contributed by atoms with E-state index in [-0.39, 0.29) is 11.9 Å². The zero-order chi connectivity index (χ0) is 13.1. The summed E-state index contributed by atoms with van der Waals surface area (Å²) in [7, 11) is 0. The third-order valence-corrected chi connectivity index (χ3v) is 2.81. The molecule has 0 bridgehead atoms. The summed E-state index contributed by atoms with van der Waals surface area (Å²) in [5, 5.41) is 0. The molecule has 18 heavy (non-hydrogen) atoms. The largest absolute Gasteiger partial charge is 0.341 e. The molecule has 3 N–H and O–H groups in total. The van der Waals surface area contributed by atoms with Crippen molar-refractivity contribution in [2.24, 2.45) is 11.7 Å². The molecular weight excluding hydrogens is 229 g/mol. The number of nitrogens with one attached hydrogen (secondary N) is 1. The van der Waals surface area contributed by atoms with Crippen molar-refractivity contribution in [1.29, 1.82) is 0 Å². The Hall–Kier alpha value is -1.68. The van der Waals surface area contributed by atoms with Gasteiger partial charge in [-0.1, -0.05) is 26.0 Å². The van der Waals surface area contributed by atoms with Crippen LogP contribution in [0.4, 0.5) is 4.39 Å². The number of imidazole rings is 1. The second kappa shape index (κ2) is 5.31. The molecule has 1 aromatic carbocycles. The van der Waals surface area contributed by atoms with Gasteiger partial charge in [0.15, 0.2) is 0 Å². The van der Waals surface area contributed by atoms with E-state index in [2.05, 4.69) is 23.8 Å². The maximum atomic E-state index is 13.1. The van der Waals surface area contributed by atoms with Crippen LogP contribution in [-0.2, 0) is 0 Å². The molecule has 0 saturated heterocycles. The molecule has 0 aliphatic rings. The minimum absolute atomic E-state index is 0.104. The summed E-state index contributed by atoms with van der Waals surface area (Å²) in [6.45, 7) is 4.24. The Morgan fingerprint density at radius 3 is 2.83 bits per heavy atom. The highest BCUT2D eigenvalue weighted by atomic mass is 19.1. The lowest BCUT2D eigenvalue weighted by Crippen LogP contribution is -2.14. The van der Waals surface area contributed by atoms with Crippen molar-refractivity contribution in [3.05, 3.63) is 42.1 Å². The van der Waals surface area contributed by atoms with Gasteiger partial charge in [0, 0.05) is 5.56 Å². The van der Waals surface area contributed by atoms with Gasteiger partial charge in [0.1, 0.15) is 11.6 Å². The topological polar surface area (TPSA) is 54.7 Å². The summed E-state index contributed by atoms with van der Waals surface area (Å²) >= 11 is 0. The lowest BCUT2D eigenvalue weighted by Gasteiger charge is -2.10. The Balaban J connectivity index is 2.20. The Labute approximate surface area is 106 Å². The van der Waals surface area contributed by atoms with Gasteiger partial charge in [0.25, 0.3) is 0 Å². The molecule has 0 amide bonds. The fourth-order valence-electron chi connectivity index (χ4n) is 1.95. The van der Waals surface area contributed by atoms with Gasteiger partial charge in [-0.15, -0.1) is 0 Å². The molecule has 4 heteroatoms. The van der Waals surface area contributed by atoms with E-state index in [9.17, 15) is 4.39 Å². The lowest BCUT2D eigenvalue weighted by molar-refractivity contribution is 0.496. The number of nitrogens with two attached hydrogens (primary N) is 1. The van der Waals surface area contributed by atoms with Gasteiger partial charge < -0.3 is 10.7 Å². The molecule has 0 fully saturated rings. The molecule has 0 aliphatic carbocycles. The van der Waals surface area contributed by atoms with Crippen molar-refractivity contribution >= 4 is 0 Å². The molecule has 3 nitrogen and oxygen atoms in total. The number of hydrogen-bond donors (Lipinski definition) is 2. The summed E-state index contributed by atoms with van der Waals surface area (Å²) in [5.41, 5.74) is 7.63. The van der Waals surface area contributed by atoms with E-state index in [1.165, 1.54) is 12.1 Å². The van der Waals surface area contributed by atoms with E-state index in [0.29, 0.717) is 5.92 Å². The highest BCUT2D eigenvalue weighted by Gasteiger charge is 2.12. The van der Waals surface area contributed by atoms with E-state index in [1.54, 1.807) is 12.3 Å². The first-order valence-corrected chi connectivity index (χ1v) is 6.12. The van der Waals surface area contributed by atoms with Gasteiger partial charge in [0.05, 0.1) is 17.9 Å². The van der Waals surface area contributed by atoms with Crippen LogP contribution in [0.1, 0.15) is 32.1 Å². The second-order valence-electron chi connectivity index (χ2n) is 4.93. The molecule has 2 aromatic rings. The summed E-state index contributed by atoms with van der Waals surface area (Å²) in [6, 6.07) is 6.32. The molecule has 2 rings (SSSR count). The van der Waals surface area contributed by atoms with Crippen LogP contribution in [-0.4, -0.2) is 9.97 Å². The van der Waals surface area contributed by atoms with Crippen molar-refractivity contribution in [1.82, 2.24) is 9.97 Å². The van der Waals surface area contributed by atoms with Gasteiger partial charge in [-0.3, -0.25) is 0 Å². The average molecular weight is 247 g/mol. The van der Waals surface area contributed by atoms with Crippen LogP contribution >= 0.6 is 0 Å². The summed E-state index contributed by atoms with van der Waals surface area (Å²) in [4.78, 5) is 7.43. The molecule has 1 aromatic heterocycles. The number of H-pyrrole nitrogens is 1. The van der Waals surface area contributed by atoms with E-state index in [4.69, 9.17) is 5.73 Å². The zero-order valence-electron chi connectivity index (χ0n) is 10.7. The van der Waals surface area contributed by atoms with Crippen LogP contribution in [0.3, 0.4) is 0 Å². The van der Waals surface area contributed by atoms with Crippen LogP contribution in [0.25, 0.3) is 11.3 Å². The van der Waals surface area contributed by atoms with E-state index in [0.717, 1.165) is 23.5 Å². The van der Waals surface area contributed by atoms with Crippen LogP contribution in [0.15, 0.2) is 30.5 Å². The molecule has 0 saturated carbocycles. The van der Waals surface area contributed by atoms with Crippen molar-refractivity contribution < 1.29 is 4.39 Å². The van der Waals surface area contributed by atoms with Crippen molar-refractivity contribution in [3.63, 3.8) is 0 Å². The second-order valence-corrected chi connectivity index (χ2v) is 4.93. The van der Waals surface area contributed by atoms with Gasteiger partial charge in [0.2, 0.25) is 0 Å². The van der Waals surface area contributed by atoms with Crippen LogP contribution in [0.5, 0.6) is 0 Å². The third kappa shape index (κ3) is 2.96. The Bertz CT molecular complexity index is 519. The first-order chi connectivity index (χ1) is 8.56. The predicted octanol–water partition coefficient (Wildman–Crippen LogP) is 3.26. The minimum atomic E-state index is -0.255. The maximum absolute atomic E-state index is 13.1. The van der Waals surface area contributed by atoms with Crippen molar-refractivity contribution in [2.75, 3.05) is 0 Å². The fourth-order valence-corrected chi connectivity index (χ4v) is 1.95. The standard InChI is InChI=1S/C14H18FN3/c1-9(2)6-12(16)14-17-8-13(18-14)10-4-3-5-11(15)7-10/h3-5,7-9,12H,6,16H2,1-2H3,(H,17,18). The Morgan fingerprint density at radius 1 is 1.39 bits per heavy atom. The first kappa shape index (κ1) is 12.8. The van der Waals surface area contributed by atoms with Gasteiger partial charge in [-0.25, -0.2) is 9.37 Å². The van der Waals surface area contributed by atoms with Crippen molar-refractivity contribution in [3.8, 4) is 11.3 Å². The summed E-state index contributed by atoms with van der Waals surface area (Å²) in [6.07, 6.45) is 2.57. The molecule has 0 radical (unpaired) electrons. The molecule has 1 atom stereocenters. The maximum Gasteiger partial charge on any atom is 0.123 e. The quantitative estimate of drug-likeness (QED) is 0.871. The number of aromatic amines is 1. The molecule has 0 spiro atoms. The molecule has 1 unspecified atom stereocenters. The summed E-state index contributed by atoms with van der Waals surface area (Å²) in [5.74, 6) is 1.01. The number of nitrogens with zero attached hydrogens (tertiary/aromatic N) is 1. The normalized spacial score (nSPS) is 12.9. The first-order valence-electron chi connectivity index (χ1n) is 6.12. The molecular formula is C14H18FN3. The highest BCUT2D eigenvalue weighted by molar-refractivity contribution is 5.58. The number of aromatic nitrogens is 2. The van der Waals surface area contributed by atoms with E-state index in [1.807, 2.05) is 6.07 Å². The van der Waals surface area contributed by atoms with Crippen molar-refractivity contribution in [2.45, 2.75) is 26.3 Å². The molecule has 0 aliphatic heterocycles. The summed E-state index contributed by atoms with van der Waals surface area (Å²) < 4.78 is 13.1.